The average molecular weight is 433 g/mol. The Balaban J connectivity index is 1.47. The minimum absolute atomic E-state index is 0.0529. The molecule has 7 nitrogen and oxygen atoms in total. The summed E-state index contributed by atoms with van der Waals surface area (Å²) in [6.45, 7) is 0.151. The Morgan fingerprint density at radius 3 is 2.84 bits per heavy atom. The molecular weight excluding hydrogens is 409 g/mol. The first-order valence-corrected chi connectivity index (χ1v) is 11.1. The fraction of sp³-hybridized carbons (Fsp3) is 0.417. The summed E-state index contributed by atoms with van der Waals surface area (Å²) in [5, 5.41) is 1.57. The van der Waals surface area contributed by atoms with E-state index in [0.29, 0.717) is 34.3 Å². The Kier molecular flexibility index (Phi) is 4.57. The quantitative estimate of drug-likeness (QED) is 0.507. The second-order valence-electron chi connectivity index (χ2n) is 9.04. The molecular formula is C24H24FN5O2. The third-order valence-electron chi connectivity index (χ3n) is 7.35. The average Bonchev–Trinajstić information content (AvgIpc) is 3.42. The highest BCUT2D eigenvalue weighted by atomic mass is 19.1. The van der Waals surface area contributed by atoms with Gasteiger partial charge in [-0.15, -0.1) is 0 Å². The number of fused-ring (bicyclic) bond motifs is 5. The summed E-state index contributed by atoms with van der Waals surface area (Å²) >= 11 is 0. The molecule has 0 amide bonds. The third-order valence-corrected chi connectivity index (χ3v) is 7.35. The summed E-state index contributed by atoms with van der Waals surface area (Å²) in [7, 11) is 1.58. The molecule has 3 aliphatic carbocycles. The van der Waals surface area contributed by atoms with Crippen molar-refractivity contribution in [1.29, 1.82) is 0 Å². The normalized spacial score (nSPS) is 25.1. The standard InChI is InChI=1S/C24H24FN5O2/c1-32-12-19(31)20-13-2-4-14(5-3-13)21(20)30-7-6-15-9-26-23(29-24(15)30)18-11-28-22-17(18)8-16(25)10-27-22/h6-11,13-14,20-21H,2-5,12H2,1H3,(H,27,28)/t13?,14?,20-,21+/m1/s1. The van der Waals surface area contributed by atoms with Crippen LogP contribution < -0.4 is 0 Å². The van der Waals surface area contributed by atoms with Crippen molar-refractivity contribution in [1.82, 2.24) is 24.5 Å². The van der Waals surface area contributed by atoms with E-state index in [1.807, 2.05) is 12.3 Å². The molecule has 0 saturated heterocycles. The number of halogens is 1. The van der Waals surface area contributed by atoms with Crippen LogP contribution in [0.5, 0.6) is 0 Å². The van der Waals surface area contributed by atoms with Gasteiger partial charge < -0.3 is 14.3 Å². The van der Waals surface area contributed by atoms with Gasteiger partial charge in [0.2, 0.25) is 0 Å². The number of methoxy groups -OCH3 is 1. The van der Waals surface area contributed by atoms with Crippen molar-refractivity contribution in [3.63, 3.8) is 0 Å². The van der Waals surface area contributed by atoms with Gasteiger partial charge in [0, 0.05) is 54.0 Å². The van der Waals surface area contributed by atoms with Gasteiger partial charge in [0.05, 0.1) is 6.20 Å². The molecule has 8 heteroatoms. The van der Waals surface area contributed by atoms with E-state index in [1.54, 1.807) is 19.5 Å². The lowest BCUT2D eigenvalue weighted by Crippen LogP contribution is -2.46. The lowest BCUT2D eigenvalue weighted by molar-refractivity contribution is -0.135. The summed E-state index contributed by atoms with van der Waals surface area (Å²) in [6.07, 6.45) is 11.3. The van der Waals surface area contributed by atoms with E-state index in [4.69, 9.17) is 9.72 Å². The van der Waals surface area contributed by atoms with E-state index in [-0.39, 0.29) is 24.3 Å². The van der Waals surface area contributed by atoms with Crippen LogP contribution in [-0.4, -0.2) is 44.0 Å². The Bertz CT molecular complexity index is 1320. The summed E-state index contributed by atoms with van der Waals surface area (Å²) < 4.78 is 21.2. The largest absolute Gasteiger partial charge is 0.377 e. The molecule has 2 bridgehead atoms. The van der Waals surface area contributed by atoms with Crippen molar-refractivity contribution < 1.29 is 13.9 Å². The zero-order chi connectivity index (χ0) is 21.8. The highest BCUT2D eigenvalue weighted by Gasteiger charge is 2.47. The molecule has 32 heavy (non-hydrogen) atoms. The molecule has 4 heterocycles. The van der Waals surface area contributed by atoms with Crippen LogP contribution in [0.15, 0.2) is 36.9 Å². The maximum Gasteiger partial charge on any atom is 0.163 e. The monoisotopic (exact) mass is 433 g/mol. The highest BCUT2D eigenvalue weighted by molar-refractivity contribution is 5.92. The number of hydrogen-bond acceptors (Lipinski definition) is 5. The second-order valence-corrected chi connectivity index (χ2v) is 9.04. The van der Waals surface area contributed by atoms with E-state index >= 15 is 0 Å². The predicted molar refractivity (Wildman–Crippen MR) is 117 cm³/mol. The summed E-state index contributed by atoms with van der Waals surface area (Å²) in [5.41, 5.74) is 2.11. The number of Topliss-reactive ketones (excluding diaryl/α,β-unsaturated/α-hetero) is 1. The number of aromatic amines is 1. The van der Waals surface area contributed by atoms with Crippen LogP contribution >= 0.6 is 0 Å². The molecule has 4 aromatic rings. The van der Waals surface area contributed by atoms with Crippen LogP contribution in [0.4, 0.5) is 4.39 Å². The van der Waals surface area contributed by atoms with Gasteiger partial charge in [-0.2, -0.15) is 0 Å². The molecule has 4 aromatic heterocycles. The molecule has 3 fully saturated rings. The first kappa shape index (κ1) is 19.5. The fourth-order valence-electron chi connectivity index (χ4n) is 5.98. The minimum atomic E-state index is -0.402. The minimum Gasteiger partial charge on any atom is -0.377 e. The van der Waals surface area contributed by atoms with Crippen LogP contribution in [0.1, 0.15) is 31.7 Å². The van der Waals surface area contributed by atoms with Crippen LogP contribution in [-0.2, 0) is 9.53 Å². The summed E-state index contributed by atoms with van der Waals surface area (Å²) in [4.78, 5) is 29.6. The van der Waals surface area contributed by atoms with Gasteiger partial charge in [-0.25, -0.2) is 19.3 Å². The smallest absolute Gasteiger partial charge is 0.163 e. The lowest BCUT2D eigenvalue weighted by atomic mass is 9.60. The Labute approximate surface area is 184 Å². The van der Waals surface area contributed by atoms with Gasteiger partial charge >= 0.3 is 0 Å². The van der Waals surface area contributed by atoms with Crippen molar-refractivity contribution in [2.45, 2.75) is 31.7 Å². The zero-order valence-corrected chi connectivity index (χ0v) is 17.8. The van der Waals surface area contributed by atoms with Crippen molar-refractivity contribution in [3.8, 4) is 11.4 Å². The topological polar surface area (TPSA) is 85.7 Å². The van der Waals surface area contributed by atoms with Crippen LogP contribution in [0, 0.1) is 23.6 Å². The summed E-state index contributed by atoms with van der Waals surface area (Å²) in [6, 6.07) is 3.53. The van der Waals surface area contributed by atoms with Gasteiger partial charge in [0.1, 0.15) is 23.7 Å². The molecule has 2 atom stereocenters. The maximum absolute atomic E-state index is 13.8. The Morgan fingerprint density at radius 2 is 2.03 bits per heavy atom. The Morgan fingerprint density at radius 1 is 1.22 bits per heavy atom. The van der Waals surface area contributed by atoms with E-state index in [1.165, 1.54) is 12.3 Å². The van der Waals surface area contributed by atoms with Crippen molar-refractivity contribution in [2.75, 3.05) is 13.7 Å². The first-order chi connectivity index (χ1) is 15.6. The second kappa shape index (κ2) is 7.48. The van der Waals surface area contributed by atoms with Crippen molar-refractivity contribution in [2.24, 2.45) is 17.8 Å². The van der Waals surface area contributed by atoms with Crippen molar-refractivity contribution in [3.05, 3.63) is 42.7 Å². The molecule has 0 radical (unpaired) electrons. The SMILES string of the molecule is COCC(=O)[C@H]1C2CCC(CC2)[C@@H]1n1ccc2cnc(-c3c[nH]c4ncc(F)cc34)nc21. The first-order valence-electron chi connectivity index (χ1n) is 11.1. The molecule has 0 aromatic carbocycles. The molecule has 3 saturated carbocycles. The molecule has 0 aliphatic heterocycles. The number of H-pyrrole nitrogens is 1. The van der Waals surface area contributed by atoms with Crippen LogP contribution in [0.2, 0.25) is 0 Å². The molecule has 3 aliphatic rings. The van der Waals surface area contributed by atoms with Crippen molar-refractivity contribution >= 4 is 27.9 Å². The number of ketones is 1. The highest BCUT2D eigenvalue weighted by Crippen LogP contribution is 2.52. The van der Waals surface area contributed by atoms with Gasteiger partial charge in [-0.1, -0.05) is 0 Å². The molecule has 164 valence electrons. The zero-order valence-electron chi connectivity index (χ0n) is 17.8. The van der Waals surface area contributed by atoms with Crippen LogP contribution in [0.3, 0.4) is 0 Å². The number of nitrogens with one attached hydrogen (secondary N) is 1. The van der Waals surface area contributed by atoms with Gasteiger partial charge in [0.25, 0.3) is 0 Å². The number of nitrogens with zero attached hydrogens (tertiary/aromatic N) is 4. The number of carbonyl (C=O) groups is 1. The molecule has 1 N–H and O–H groups in total. The van der Waals surface area contributed by atoms with E-state index in [2.05, 4.69) is 19.5 Å². The predicted octanol–water partition coefficient (Wildman–Crippen LogP) is 4.31. The molecule has 7 rings (SSSR count). The fourth-order valence-corrected chi connectivity index (χ4v) is 5.98. The van der Waals surface area contributed by atoms with E-state index in [9.17, 15) is 9.18 Å². The maximum atomic E-state index is 13.8. The molecule has 0 unspecified atom stereocenters. The van der Waals surface area contributed by atoms with E-state index < -0.39 is 5.82 Å². The lowest BCUT2D eigenvalue weighted by Gasteiger charge is -2.48. The molecule has 0 spiro atoms. The Hall–Kier alpha value is -3.13. The number of hydrogen-bond donors (Lipinski definition) is 1. The number of aromatic nitrogens is 5. The van der Waals surface area contributed by atoms with Gasteiger partial charge in [0.15, 0.2) is 11.6 Å². The third kappa shape index (κ3) is 2.97. The number of ether oxygens (including phenoxy) is 1. The summed E-state index contributed by atoms with van der Waals surface area (Å²) in [5.74, 6) is 1.08. The number of carbonyl (C=O) groups excluding carboxylic acids is 1. The number of pyridine rings is 1. The van der Waals surface area contributed by atoms with Crippen LogP contribution in [0.25, 0.3) is 33.5 Å². The van der Waals surface area contributed by atoms with E-state index in [0.717, 1.165) is 36.7 Å². The van der Waals surface area contributed by atoms with Gasteiger partial charge in [-0.05, 0) is 49.7 Å². The van der Waals surface area contributed by atoms with Gasteiger partial charge in [-0.3, -0.25) is 4.79 Å². The number of rotatable bonds is 5.